The Kier molecular flexibility index (Phi) is 1.59. The summed E-state index contributed by atoms with van der Waals surface area (Å²) >= 11 is 0. The summed E-state index contributed by atoms with van der Waals surface area (Å²) in [5, 5.41) is 21.9. The molecule has 0 unspecified atom stereocenters. The first-order valence-corrected chi connectivity index (χ1v) is 3.42. The van der Waals surface area contributed by atoms with Crippen molar-refractivity contribution in [3.05, 3.63) is 10.1 Å². The van der Waals surface area contributed by atoms with Crippen molar-refractivity contribution in [3.8, 4) is 11.6 Å². The topological polar surface area (TPSA) is 152 Å². The van der Waals surface area contributed by atoms with Gasteiger partial charge in [0.1, 0.15) is 0 Å². The van der Waals surface area contributed by atoms with E-state index >= 15 is 0 Å². The quantitative estimate of drug-likeness (QED) is 0.414. The maximum atomic E-state index is 10.3. The smallest absolute Gasteiger partial charge is 0.390 e. The zero-order valence-electron chi connectivity index (χ0n) is 6.63. The van der Waals surface area contributed by atoms with Gasteiger partial charge in [-0.3, -0.25) is 5.10 Å². The van der Waals surface area contributed by atoms with Crippen molar-refractivity contribution in [1.29, 1.82) is 0 Å². The van der Waals surface area contributed by atoms with Crippen molar-refractivity contribution in [2.75, 3.05) is 5.73 Å². The van der Waals surface area contributed by atoms with Gasteiger partial charge in [0.15, 0.2) is 0 Å². The van der Waals surface area contributed by atoms with Gasteiger partial charge < -0.3 is 15.8 Å². The average molecular weight is 196 g/mol. The van der Waals surface area contributed by atoms with Crippen molar-refractivity contribution < 1.29 is 4.92 Å². The van der Waals surface area contributed by atoms with E-state index in [1.807, 2.05) is 0 Å². The highest BCUT2D eigenvalue weighted by Crippen LogP contribution is 2.11. The third kappa shape index (κ3) is 1.24. The number of rotatable bonds is 2. The molecule has 0 aromatic carbocycles. The minimum atomic E-state index is -0.698. The molecule has 4 N–H and O–H groups in total. The number of H-pyrrole nitrogens is 2. The molecule has 0 bridgehead atoms. The number of nitrogens with one attached hydrogen (secondary N) is 2. The highest BCUT2D eigenvalue weighted by Gasteiger charge is 2.18. The maximum Gasteiger partial charge on any atom is 0.453 e. The number of nitro groups is 1. The summed E-state index contributed by atoms with van der Waals surface area (Å²) in [6, 6.07) is 0. The molecular formula is C4H4N8O2. The van der Waals surface area contributed by atoms with Crippen LogP contribution in [0.1, 0.15) is 0 Å². The molecule has 0 spiro atoms. The first-order valence-electron chi connectivity index (χ1n) is 3.42. The standard InChI is InChI=1S/C4H4N8O2/c5-3-6-1(8-10-3)2-7-4(11-9-2)12(13)14/h(H,7,9,11)(H3,5,6,8,10). The molecule has 0 saturated carbocycles. The summed E-state index contributed by atoms with van der Waals surface area (Å²) in [5.41, 5.74) is 5.23. The Balaban J connectivity index is 2.38. The fourth-order valence-corrected chi connectivity index (χ4v) is 0.816. The second kappa shape index (κ2) is 2.76. The second-order valence-corrected chi connectivity index (χ2v) is 2.28. The van der Waals surface area contributed by atoms with E-state index in [4.69, 9.17) is 5.73 Å². The summed E-state index contributed by atoms with van der Waals surface area (Å²) in [4.78, 5) is 16.8. The fourth-order valence-electron chi connectivity index (χ4n) is 0.816. The normalized spacial score (nSPS) is 10.3. The van der Waals surface area contributed by atoms with E-state index in [2.05, 4.69) is 30.4 Å². The maximum absolute atomic E-state index is 10.3. The molecule has 2 heterocycles. The summed E-state index contributed by atoms with van der Waals surface area (Å²) in [5.74, 6) is -0.227. The molecule has 0 aliphatic rings. The number of hydrogen-bond acceptors (Lipinski definition) is 7. The third-order valence-electron chi connectivity index (χ3n) is 1.36. The van der Waals surface area contributed by atoms with Crippen LogP contribution in [0.4, 0.5) is 11.9 Å². The van der Waals surface area contributed by atoms with Crippen molar-refractivity contribution in [1.82, 2.24) is 30.4 Å². The fraction of sp³-hybridized carbons (Fsp3) is 0. The van der Waals surface area contributed by atoms with Crippen LogP contribution in [0.2, 0.25) is 0 Å². The predicted octanol–water partition coefficient (Wildman–Crippen LogP) is -0.920. The Morgan fingerprint density at radius 3 is 2.57 bits per heavy atom. The molecule has 14 heavy (non-hydrogen) atoms. The summed E-state index contributed by atoms with van der Waals surface area (Å²) in [6.45, 7) is 0. The van der Waals surface area contributed by atoms with E-state index in [1.54, 1.807) is 0 Å². The average Bonchev–Trinajstić information content (AvgIpc) is 2.70. The zero-order valence-corrected chi connectivity index (χ0v) is 6.63. The molecule has 2 aromatic heterocycles. The number of nitrogens with zero attached hydrogens (tertiary/aromatic N) is 5. The lowest BCUT2D eigenvalue weighted by molar-refractivity contribution is -0.394. The molecule has 72 valence electrons. The Bertz CT molecular complexity index is 471. The largest absolute Gasteiger partial charge is 0.453 e. The molecule has 0 saturated heterocycles. The molecular weight excluding hydrogens is 192 g/mol. The van der Waals surface area contributed by atoms with Gasteiger partial charge in [0.05, 0.1) is 0 Å². The monoisotopic (exact) mass is 196 g/mol. The van der Waals surface area contributed by atoms with Crippen LogP contribution in [-0.2, 0) is 0 Å². The van der Waals surface area contributed by atoms with Crippen LogP contribution in [0.5, 0.6) is 0 Å². The van der Waals surface area contributed by atoms with E-state index in [1.165, 1.54) is 0 Å². The van der Waals surface area contributed by atoms with Gasteiger partial charge >= 0.3 is 11.8 Å². The van der Waals surface area contributed by atoms with Crippen molar-refractivity contribution >= 4 is 11.9 Å². The molecule has 0 radical (unpaired) electrons. The first-order chi connectivity index (χ1) is 6.66. The van der Waals surface area contributed by atoms with Gasteiger partial charge in [0.2, 0.25) is 11.8 Å². The van der Waals surface area contributed by atoms with E-state index in [0.29, 0.717) is 0 Å². The highest BCUT2D eigenvalue weighted by molar-refractivity contribution is 5.44. The molecule has 2 aromatic rings. The number of aromatic nitrogens is 6. The van der Waals surface area contributed by atoms with Gasteiger partial charge in [-0.15, -0.1) is 10.2 Å². The molecule has 2 rings (SSSR count). The van der Waals surface area contributed by atoms with Crippen molar-refractivity contribution in [2.24, 2.45) is 0 Å². The molecule has 0 fully saturated rings. The minimum absolute atomic E-state index is 0.0208. The number of nitrogens with two attached hydrogens (primary N) is 1. The molecule has 0 aliphatic heterocycles. The Hall–Kier alpha value is -2.52. The van der Waals surface area contributed by atoms with Crippen LogP contribution in [-0.4, -0.2) is 35.3 Å². The number of nitrogen functional groups attached to an aromatic ring is 1. The minimum Gasteiger partial charge on any atom is -0.390 e. The van der Waals surface area contributed by atoms with Gasteiger partial charge in [-0.25, -0.2) is 0 Å². The lowest BCUT2D eigenvalue weighted by Gasteiger charge is -1.83. The highest BCUT2D eigenvalue weighted by atomic mass is 16.6. The third-order valence-corrected chi connectivity index (χ3v) is 1.36. The van der Waals surface area contributed by atoms with Crippen molar-refractivity contribution in [2.45, 2.75) is 0 Å². The summed E-state index contributed by atoms with van der Waals surface area (Å²) < 4.78 is 0. The van der Waals surface area contributed by atoms with Crippen LogP contribution in [0.25, 0.3) is 11.6 Å². The van der Waals surface area contributed by atoms with Gasteiger partial charge in [0, 0.05) is 0 Å². The molecule has 0 atom stereocenters. The molecule has 0 amide bonds. The van der Waals surface area contributed by atoms with Crippen LogP contribution in [0.15, 0.2) is 0 Å². The van der Waals surface area contributed by atoms with E-state index < -0.39 is 10.9 Å². The lowest BCUT2D eigenvalue weighted by Crippen LogP contribution is -1.89. The van der Waals surface area contributed by atoms with Gasteiger partial charge in [-0.1, -0.05) is 5.10 Å². The Morgan fingerprint density at radius 1 is 1.29 bits per heavy atom. The molecule has 10 heteroatoms. The van der Waals surface area contributed by atoms with Crippen LogP contribution >= 0.6 is 0 Å². The Morgan fingerprint density at radius 2 is 2.07 bits per heavy atom. The number of aromatic amines is 2. The van der Waals surface area contributed by atoms with E-state index in [0.717, 1.165) is 0 Å². The number of anilines is 1. The lowest BCUT2D eigenvalue weighted by atomic mass is 10.6. The SMILES string of the molecule is Nc1n[nH]c(-c2n[nH]c([N+](=O)[O-])n2)n1. The second-order valence-electron chi connectivity index (χ2n) is 2.28. The number of hydrogen-bond donors (Lipinski definition) is 3. The Labute approximate surface area is 75.7 Å². The summed E-state index contributed by atoms with van der Waals surface area (Å²) in [7, 11) is 0. The van der Waals surface area contributed by atoms with Gasteiger partial charge in [0.25, 0.3) is 0 Å². The van der Waals surface area contributed by atoms with Crippen LogP contribution in [0, 0.1) is 10.1 Å². The first kappa shape index (κ1) is 8.10. The van der Waals surface area contributed by atoms with E-state index in [-0.39, 0.29) is 17.6 Å². The van der Waals surface area contributed by atoms with Crippen LogP contribution in [0.3, 0.4) is 0 Å². The van der Waals surface area contributed by atoms with E-state index in [9.17, 15) is 10.1 Å². The summed E-state index contributed by atoms with van der Waals surface area (Å²) in [6.07, 6.45) is 0. The van der Waals surface area contributed by atoms with Crippen LogP contribution < -0.4 is 5.73 Å². The van der Waals surface area contributed by atoms with Gasteiger partial charge in [-0.05, 0) is 9.91 Å². The zero-order chi connectivity index (χ0) is 10.1. The molecule has 0 aliphatic carbocycles. The van der Waals surface area contributed by atoms with Gasteiger partial charge in [-0.2, -0.15) is 4.98 Å². The predicted molar refractivity (Wildman–Crippen MR) is 42.8 cm³/mol. The molecule has 10 nitrogen and oxygen atoms in total. The van der Waals surface area contributed by atoms with Crippen molar-refractivity contribution in [3.63, 3.8) is 0 Å².